The van der Waals surface area contributed by atoms with E-state index in [2.05, 4.69) is 25.5 Å². The van der Waals surface area contributed by atoms with Gasteiger partial charge in [-0.05, 0) is 28.2 Å². The Balaban J connectivity index is 1.78. The molecule has 0 bridgehead atoms. The van der Waals surface area contributed by atoms with Crippen molar-refractivity contribution in [3.8, 4) is 0 Å². The monoisotopic (exact) mass is 456 g/mol. The summed E-state index contributed by atoms with van der Waals surface area (Å²) < 4.78 is 67.2. The van der Waals surface area contributed by atoms with Crippen molar-refractivity contribution in [2.75, 3.05) is 13.7 Å². The highest BCUT2D eigenvalue weighted by Gasteiger charge is 2.43. The molecule has 2 unspecified atom stereocenters. The Bertz CT molecular complexity index is 1020. The van der Waals surface area contributed by atoms with Crippen LogP contribution in [0.25, 0.3) is 0 Å². The first-order chi connectivity index (χ1) is 14.3. The van der Waals surface area contributed by atoms with E-state index in [9.17, 15) is 21.6 Å². The average molecular weight is 457 g/mol. The average Bonchev–Trinajstić information content (AvgIpc) is 3.08. The maximum Gasteiger partial charge on any atom is 0.416 e. The van der Waals surface area contributed by atoms with Gasteiger partial charge < -0.3 is 0 Å². The number of nitrogens with one attached hydrogen (secondary N) is 1. The third-order valence-electron chi connectivity index (χ3n) is 5.43. The summed E-state index contributed by atoms with van der Waals surface area (Å²) in [4.78, 5) is 5.50. The number of alkyl halides is 3. The summed E-state index contributed by atoms with van der Waals surface area (Å²) >= 11 is 0. The predicted octanol–water partition coefficient (Wildman–Crippen LogP) is 4.41. The molecule has 1 N–H and O–H groups in total. The first-order valence-electron chi connectivity index (χ1n) is 9.90. The van der Waals surface area contributed by atoms with Gasteiger partial charge in [0.15, 0.2) is 0 Å². The standard InChI is InChI=1S/C22H27F3N2O3S/c1-21(2,3)17-10-8-16(9-11-17)20-19(14-30-27(20)4)31(28,29)26-13-15-6-5-7-18(12-15)22(23,24)25/h5-12,19-20,26H,13-14H2,1-4H3. The number of hydroxylamine groups is 2. The number of hydrogen-bond acceptors (Lipinski definition) is 4. The Morgan fingerprint density at radius 3 is 2.29 bits per heavy atom. The molecule has 1 heterocycles. The second-order valence-electron chi connectivity index (χ2n) is 8.76. The zero-order chi connectivity index (χ0) is 23.0. The molecule has 2 atom stereocenters. The first-order valence-corrected chi connectivity index (χ1v) is 11.4. The summed E-state index contributed by atoms with van der Waals surface area (Å²) in [5, 5.41) is 0.615. The number of hydrogen-bond donors (Lipinski definition) is 1. The summed E-state index contributed by atoms with van der Waals surface area (Å²) in [6.45, 7) is 6.01. The van der Waals surface area contributed by atoms with Crippen molar-refractivity contribution in [1.29, 1.82) is 0 Å². The lowest BCUT2D eigenvalue weighted by Crippen LogP contribution is -2.39. The molecule has 31 heavy (non-hydrogen) atoms. The number of nitrogens with zero attached hydrogens (tertiary/aromatic N) is 1. The minimum atomic E-state index is -4.48. The Kier molecular flexibility index (Phi) is 6.53. The fraction of sp³-hybridized carbons (Fsp3) is 0.455. The van der Waals surface area contributed by atoms with E-state index in [-0.39, 0.29) is 24.1 Å². The fourth-order valence-electron chi connectivity index (χ4n) is 3.61. The van der Waals surface area contributed by atoms with E-state index in [1.165, 1.54) is 17.2 Å². The third-order valence-corrected chi connectivity index (χ3v) is 7.17. The van der Waals surface area contributed by atoms with Crippen LogP contribution in [0.5, 0.6) is 0 Å². The molecule has 9 heteroatoms. The van der Waals surface area contributed by atoms with E-state index in [1.54, 1.807) is 7.05 Å². The van der Waals surface area contributed by atoms with E-state index in [0.29, 0.717) is 0 Å². The zero-order valence-corrected chi connectivity index (χ0v) is 18.7. The second-order valence-corrected chi connectivity index (χ2v) is 10.7. The topological polar surface area (TPSA) is 58.6 Å². The lowest BCUT2D eigenvalue weighted by atomic mass is 9.86. The van der Waals surface area contributed by atoms with Crippen molar-refractivity contribution in [3.05, 3.63) is 70.8 Å². The summed E-state index contributed by atoms with van der Waals surface area (Å²) in [6.07, 6.45) is -4.48. The highest BCUT2D eigenvalue weighted by molar-refractivity contribution is 7.90. The highest BCUT2D eigenvalue weighted by Crippen LogP contribution is 2.35. The molecule has 1 aliphatic rings. The van der Waals surface area contributed by atoms with Crippen LogP contribution in [0.4, 0.5) is 13.2 Å². The molecule has 0 spiro atoms. The van der Waals surface area contributed by atoms with Gasteiger partial charge in [-0.25, -0.2) is 13.1 Å². The molecule has 0 saturated carbocycles. The van der Waals surface area contributed by atoms with E-state index in [1.807, 2.05) is 24.3 Å². The van der Waals surface area contributed by atoms with Crippen LogP contribution < -0.4 is 4.72 Å². The maximum absolute atomic E-state index is 13.0. The molecular formula is C22H27F3N2O3S. The quantitative estimate of drug-likeness (QED) is 0.724. The Morgan fingerprint density at radius 1 is 1.06 bits per heavy atom. The van der Waals surface area contributed by atoms with Gasteiger partial charge in [0, 0.05) is 13.6 Å². The molecular weight excluding hydrogens is 429 g/mol. The summed E-state index contributed by atoms with van der Waals surface area (Å²) in [6, 6.07) is 11.8. The molecule has 0 radical (unpaired) electrons. The largest absolute Gasteiger partial charge is 0.416 e. The van der Waals surface area contributed by atoms with Crippen LogP contribution in [0.3, 0.4) is 0 Å². The molecule has 170 valence electrons. The van der Waals surface area contributed by atoms with Gasteiger partial charge in [-0.15, -0.1) is 0 Å². The SMILES string of the molecule is CN1OCC(S(=O)(=O)NCc2cccc(C(F)(F)F)c2)C1c1ccc(C(C)(C)C)cc1. The highest BCUT2D eigenvalue weighted by atomic mass is 32.2. The Morgan fingerprint density at radius 2 is 1.71 bits per heavy atom. The summed E-state index contributed by atoms with van der Waals surface area (Å²) in [5.41, 5.74) is 1.30. The minimum absolute atomic E-state index is 0.0331. The van der Waals surface area contributed by atoms with Crippen LogP contribution >= 0.6 is 0 Å². The van der Waals surface area contributed by atoms with Gasteiger partial charge in [-0.1, -0.05) is 63.2 Å². The van der Waals surface area contributed by atoms with Crippen LogP contribution in [0.2, 0.25) is 0 Å². The normalized spacial score (nSPS) is 20.9. The maximum atomic E-state index is 13.0. The van der Waals surface area contributed by atoms with E-state index in [4.69, 9.17) is 4.84 Å². The van der Waals surface area contributed by atoms with E-state index in [0.717, 1.165) is 23.3 Å². The number of benzene rings is 2. The second kappa shape index (κ2) is 8.54. The summed E-state index contributed by atoms with van der Waals surface area (Å²) in [7, 11) is -2.20. The van der Waals surface area contributed by atoms with Crippen molar-refractivity contribution in [3.63, 3.8) is 0 Å². The lowest BCUT2D eigenvalue weighted by Gasteiger charge is -2.25. The lowest BCUT2D eigenvalue weighted by molar-refractivity contribution is -0.137. The number of sulfonamides is 1. The molecule has 1 aliphatic heterocycles. The van der Waals surface area contributed by atoms with Gasteiger partial charge in [0.05, 0.1) is 18.2 Å². The summed E-state index contributed by atoms with van der Waals surface area (Å²) in [5.74, 6) is 0. The van der Waals surface area contributed by atoms with Crippen molar-refractivity contribution in [2.24, 2.45) is 0 Å². The number of rotatable bonds is 5. The first kappa shape index (κ1) is 23.7. The molecule has 3 rings (SSSR count). The van der Waals surface area contributed by atoms with Gasteiger partial charge in [0.2, 0.25) is 10.0 Å². The van der Waals surface area contributed by atoms with E-state index >= 15 is 0 Å². The minimum Gasteiger partial charge on any atom is -0.297 e. The molecule has 0 amide bonds. The van der Waals surface area contributed by atoms with Crippen LogP contribution in [0.15, 0.2) is 48.5 Å². The van der Waals surface area contributed by atoms with Crippen LogP contribution in [-0.4, -0.2) is 32.4 Å². The van der Waals surface area contributed by atoms with Crippen LogP contribution in [0.1, 0.15) is 49.1 Å². The van der Waals surface area contributed by atoms with Crippen molar-refractivity contribution < 1.29 is 26.4 Å². The number of halogens is 3. The van der Waals surface area contributed by atoms with Gasteiger partial charge in [-0.2, -0.15) is 18.2 Å². The smallest absolute Gasteiger partial charge is 0.297 e. The van der Waals surface area contributed by atoms with Crippen molar-refractivity contribution in [1.82, 2.24) is 9.79 Å². The molecule has 5 nitrogen and oxygen atoms in total. The van der Waals surface area contributed by atoms with E-state index < -0.39 is 33.1 Å². The van der Waals surface area contributed by atoms with Crippen molar-refractivity contribution in [2.45, 2.75) is 50.2 Å². The zero-order valence-electron chi connectivity index (χ0n) is 17.9. The van der Waals surface area contributed by atoms with Gasteiger partial charge in [0.1, 0.15) is 5.25 Å². The Hall–Kier alpha value is -1.94. The molecule has 0 aliphatic carbocycles. The van der Waals surface area contributed by atoms with Crippen molar-refractivity contribution >= 4 is 10.0 Å². The molecule has 2 aromatic rings. The molecule has 0 aromatic heterocycles. The Labute approximate surface area is 181 Å². The fourth-order valence-corrected chi connectivity index (χ4v) is 5.10. The molecule has 1 fully saturated rings. The third kappa shape index (κ3) is 5.46. The molecule has 2 aromatic carbocycles. The predicted molar refractivity (Wildman–Crippen MR) is 113 cm³/mol. The van der Waals surface area contributed by atoms with Gasteiger partial charge in [-0.3, -0.25) is 4.84 Å². The van der Waals surface area contributed by atoms with Crippen LogP contribution in [0, 0.1) is 0 Å². The van der Waals surface area contributed by atoms with Gasteiger partial charge >= 0.3 is 6.18 Å². The van der Waals surface area contributed by atoms with Crippen LogP contribution in [-0.2, 0) is 33.0 Å². The van der Waals surface area contributed by atoms with Gasteiger partial charge in [0.25, 0.3) is 0 Å². The molecule has 1 saturated heterocycles.